The van der Waals surface area contributed by atoms with E-state index in [4.69, 9.17) is 4.74 Å². The molecule has 154 valence electrons. The van der Waals surface area contributed by atoms with Crippen LogP contribution >= 0.6 is 24.0 Å². The second kappa shape index (κ2) is 15.9. The highest BCUT2D eigenvalue weighted by Crippen LogP contribution is 2.09. The Morgan fingerprint density at radius 2 is 1.38 bits per heavy atom. The van der Waals surface area contributed by atoms with Crippen LogP contribution in [-0.4, -0.2) is 88.4 Å². The largest absolute Gasteiger partial charge is 0.379 e. The van der Waals surface area contributed by atoms with Gasteiger partial charge in [0.1, 0.15) is 0 Å². The number of rotatable bonds is 9. The van der Waals surface area contributed by atoms with Crippen molar-refractivity contribution >= 4 is 29.9 Å². The van der Waals surface area contributed by atoms with Gasteiger partial charge in [0, 0.05) is 33.2 Å². The third-order valence-corrected chi connectivity index (χ3v) is 5.16. The molecular weight excluding hydrogens is 441 g/mol. The molecule has 0 amide bonds. The van der Waals surface area contributed by atoms with Crippen LogP contribution in [0.4, 0.5) is 0 Å². The highest BCUT2D eigenvalue weighted by molar-refractivity contribution is 14.0. The molecule has 0 spiro atoms. The maximum Gasteiger partial charge on any atom is 0.190 e. The Morgan fingerprint density at radius 3 is 2.04 bits per heavy atom. The summed E-state index contributed by atoms with van der Waals surface area (Å²) in [6.07, 6.45) is 9.19. The molecule has 2 aliphatic rings. The van der Waals surface area contributed by atoms with Gasteiger partial charge in [-0.15, -0.1) is 24.0 Å². The first kappa shape index (κ1) is 23.9. The molecule has 0 aromatic heterocycles. The normalized spacial score (nSPS) is 20.3. The molecule has 2 N–H and O–H groups in total. The molecule has 0 atom stereocenters. The Kier molecular flexibility index (Phi) is 14.6. The van der Waals surface area contributed by atoms with Crippen LogP contribution in [0.1, 0.15) is 44.9 Å². The topological polar surface area (TPSA) is 52.1 Å². The van der Waals surface area contributed by atoms with E-state index in [9.17, 15) is 0 Å². The van der Waals surface area contributed by atoms with Crippen LogP contribution in [0.3, 0.4) is 0 Å². The number of guanidine groups is 1. The molecular formula is C19H40IN5O. The number of hydrogen-bond acceptors (Lipinski definition) is 4. The molecule has 0 aromatic rings. The highest BCUT2D eigenvalue weighted by Gasteiger charge is 2.09. The molecule has 2 heterocycles. The first-order chi connectivity index (χ1) is 12.4. The molecule has 2 fully saturated rings. The van der Waals surface area contributed by atoms with E-state index in [1.807, 2.05) is 7.05 Å². The fourth-order valence-electron chi connectivity index (χ4n) is 3.58. The lowest BCUT2D eigenvalue weighted by molar-refractivity contribution is 0.0372. The molecule has 0 aromatic carbocycles. The number of nitrogens with zero attached hydrogens (tertiary/aromatic N) is 3. The number of likely N-dealkylation sites (tertiary alicyclic amines) is 1. The predicted molar refractivity (Wildman–Crippen MR) is 121 cm³/mol. The highest BCUT2D eigenvalue weighted by atomic mass is 127. The third-order valence-electron chi connectivity index (χ3n) is 5.16. The molecule has 0 saturated carbocycles. The molecule has 0 radical (unpaired) electrons. The van der Waals surface area contributed by atoms with Gasteiger partial charge < -0.3 is 20.3 Å². The Bertz CT molecular complexity index is 356. The summed E-state index contributed by atoms with van der Waals surface area (Å²) in [5, 5.41) is 6.89. The first-order valence-corrected chi connectivity index (χ1v) is 10.4. The van der Waals surface area contributed by atoms with Gasteiger partial charge in [-0.05, 0) is 58.3 Å². The van der Waals surface area contributed by atoms with Crippen molar-refractivity contribution in [3.63, 3.8) is 0 Å². The Hall–Kier alpha value is -0.120. The summed E-state index contributed by atoms with van der Waals surface area (Å²) in [7, 11) is 1.86. The molecule has 0 bridgehead atoms. The third kappa shape index (κ3) is 10.9. The summed E-state index contributed by atoms with van der Waals surface area (Å²) in [6, 6.07) is 0. The van der Waals surface area contributed by atoms with Crippen molar-refractivity contribution in [2.24, 2.45) is 4.99 Å². The molecule has 2 saturated heterocycles. The smallest absolute Gasteiger partial charge is 0.190 e. The predicted octanol–water partition coefficient (Wildman–Crippen LogP) is 2.15. The number of halogens is 1. The van der Waals surface area contributed by atoms with Gasteiger partial charge in [-0.1, -0.05) is 12.8 Å². The van der Waals surface area contributed by atoms with Gasteiger partial charge in [0.05, 0.1) is 13.2 Å². The summed E-state index contributed by atoms with van der Waals surface area (Å²) < 4.78 is 5.38. The van der Waals surface area contributed by atoms with Crippen LogP contribution in [0.5, 0.6) is 0 Å². The Labute approximate surface area is 177 Å². The van der Waals surface area contributed by atoms with Crippen molar-refractivity contribution in [1.82, 2.24) is 20.4 Å². The lowest BCUT2D eigenvalue weighted by Gasteiger charge is -2.26. The number of morpholine rings is 1. The zero-order chi connectivity index (χ0) is 17.6. The zero-order valence-corrected chi connectivity index (χ0v) is 19.0. The van der Waals surface area contributed by atoms with E-state index in [-0.39, 0.29) is 24.0 Å². The van der Waals surface area contributed by atoms with Gasteiger partial charge in [0.2, 0.25) is 0 Å². The first-order valence-electron chi connectivity index (χ1n) is 10.4. The number of ether oxygens (including phenoxy) is 1. The summed E-state index contributed by atoms with van der Waals surface area (Å²) in [4.78, 5) is 9.45. The van der Waals surface area contributed by atoms with Gasteiger partial charge in [-0.3, -0.25) is 9.89 Å². The van der Waals surface area contributed by atoms with Crippen molar-refractivity contribution in [2.75, 3.05) is 72.6 Å². The summed E-state index contributed by atoms with van der Waals surface area (Å²) in [5.74, 6) is 0.947. The van der Waals surface area contributed by atoms with Crippen LogP contribution < -0.4 is 10.6 Å². The van der Waals surface area contributed by atoms with Gasteiger partial charge in [0.25, 0.3) is 0 Å². The van der Waals surface area contributed by atoms with Gasteiger partial charge in [-0.25, -0.2) is 0 Å². The lowest BCUT2D eigenvalue weighted by atomic mass is 10.2. The van der Waals surface area contributed by atoms with Gasteiger partial charge in [-0.2, -0.15) is 0 Å². The van der Waals surface area contributed by atoms with Crippen LogP contribution in [0, 0.1) is 0 Å². The van der Waals surface area contributed by atoms with E-state index < -0.39 is 0 Å². The SMILES string of the molecule is CN=C(NCCCCN1CCOCC1)NCCCN1CCCCCC1.I. The van der Waals surface area contributed by atoms with Crippen molar-refractivity contribution in [3.8, 4) is 0 Å². The summed E-state index contributed by atoms with van der Waals surface area (Å²) in [5.41, 5.74) is 0. The van der Waals surface area contributed by atoms with Gasteiger partial charge in [0.15, 0.2) is 5.96 Å². The fraction of sp³-hybridized carbons (Fsp3) is 0.947. The van der Waals surface area contributed by atoms with Crippen molar-refractivity contribution in [3.05, 3.63) is 0 Å². The maximum absolute atomic E-state index is 5.38. The average molecular weight is 481 g/mol. The standard InChI is InChI=1S/C19H39N5O.HI/c1-20-19(21-9-4-7-13-24-15-17-25-18-16-24)22-10-8-14-23-11-5-2-3-6-12-23;/h2-18H2,1H3,(H2,20,21,22);1H. The lowest BCUT2D eigenvalue weighted by Crippen LogP contribution is -2.40. The summed E-state index contributed by atoms with van der Waals surface area (Å²) >= 11 is 0. The minimum Gasteiger partial charge on any atom is -0.379 e. The molecule has 7 heteroatoms. The number of aliphatic imine (C=N–C) groups is 1. The minimum atomic E-state index is 0. The number of unbranched alkanes of at least 4 members (excludes halogenated alkanes) is 1. The Morgan fingerprint density at radius 1 is 0.808 bits per heavy atom. The fourth-order valence-corrected chi connectivity index (χ4v) is 3.58. The number of nitrogens with one attached hydrogen (secondary N) is 2. The molecule has 0 aliphatic carbocycles. The van der Waals surface area contributed by atoms with E-state index in [0.29, 0.717) is 0 Å². The van der Waals surface area contributed by atoms with Gasteiger partial charge >= 0.3 is 0 Å². The van der Waals surface area contributed by atoms with Crippen molar-refractivity contribution < 1.29 is 4.74 Å². The van der Waals surface area contributed by atoms with Crippen LogP contribution in [0.2, 0.25) is 0 Å². The van der Waals surface area contributed by atoms with Crippen LogP contribution in [0.15, 0.2) is 4.99 Å². The quantitative estimate of drug-likeness (QED) is 0.229. The molecule has 26 heavy (non-hydrogen) atoms. The molecule has 6 nitrogen and oxygen atoms in total. The van der Waals surface area contributed by atoms with E-state index in [1.165, 1.54) is 71.1 Å². The molecule has 0 unspecified atom stereocenters. The van der Waals surface area contributed by atoms with E-state index in [0.717, 1.165) is 45.4 Å². The van der Waals surface area contributed by atoms with Crippen LogP contribution in [0.25, 0.3) is 0 Å². The van der Waals surface area contributed by atoms with Crippen LogP contribution in [-0.2, 0) is 4.74 Å². The van der Waals surface area contributed by atoms with E-state index >= 15 is 0 Å². The second-order valence-electron chi connectivity index (χ2n) is 7.20. The van der Waals surface area contributed by atoms with E-state index in [1.54, 1.807) is 0 Å². The second-order valence-corrected chi connectivity index (χ2v) is 7.20. The maximum atomic E-state index is 5.38. The molecule has 2 rings (SSSR count). The summed E-state index contributed by atoms with van der Waals surface area (Å²) in [6.45, 7) is 10.9. The monoisotopic (exact) mass is 481 g/mol. The van der Waals surface area contributed by atoms with E-state index in [2.05, 4.69) is 25.4 Å². The average Bonchev–Trinajstić information content (AvgIpc) is 2.93. The number of hydrogen-bond donors (Lipinski definition) is 2. The Balaban J connectivity index is 0.00000338. The minimum absolute atomic E-state index is 0. The van der Waals surface area contributed by atoms with Crippen molar-refractivity contribution in [2.45, 2.75) is 44.9 Å². The van der Waals surface area contributed by atoms with Crippen molar-refractivity contribution in [1.29, 1.82) is 0 Å². The zero-order valence-electron chi connectivity index (χ0n) is 16.7. The molecule has 2 aliphatic heterocycles.